The molecule has 0 radical (unpaired) electrons. The summed E-state index contributed by atoms with van der Waals surface area (Å²) in [5.74, 6) is 0.0960. The number of morpholine rings is 1. The van der Waals surface area contributed by atoms with Gasteiger partial charge in [-0.05, 0) is 31.5 Å². The Morgan fingerprint density at radius 2 is 2.08 bits per heavy atom. The van der Waals surface area contributed by atoms with Crippen molar-refractivity contribution in [3.63, 3.8) is 0 Å². The number of rotatable bonds is 3. The van der Waals surface area contributed by atoms with Gasteiger partial charge < -0.3 is 24.1 Å². The van der Waals surface area contributed by atoms with Crippen LogP contribution in [0.5, 0.6) is 0 Å². The SMILES string of the molecule is COC(=O)c1cc(C2CCCN2)c2oc(N3CCOCC3)cc(=O)c2c1. The van der Waals surface area contributed by atoms with Crippen molar-refractivity contribution >= 4 is 22.8 Å². The zero-order chi connectivity index (χ0) is 18.1. The Morgan fingerprint density at radius 1 is 1.27 bits per heavy atom. The summed E-state index contributed by atoms with van der Waals surface area (Å²) in [5.41, 5.74) is 1.60. The molecule has 2 aliphatic rings. The Kier molecular flexibility index (Phi) is 4.65. The third-order valence-electron chi connectivity index (χ3n) is 5.02. The first kappa shape index (κ1) is 17.1. The zero-order valence-corrected chi connectivity index (χ0v) is 14.7. The fourth-order valence-electron chi connectivity index (χ4n) is 3.66. The standard InChI is InChI=1S/C19H22N2O5/c1-24-19(23)12-9-13(15-3-2-4-20-15)18-14(10-12)16(22)11-17(26-18)21-5-7-25-8-6-21/h9-11,15,20H,2-8H2,1H3. The highest BCUT2D eigenvalue weighted by molar-refractivity contribution is 5.95. The summed E-state index contributed by atoms with van der Waals surface area (Å²) in [5, 5.41) is 3.83. The van der Waals surface area contributed by atoms with Crippen LogP contribution in [0.3, 0.4) is 0 Å². The van der Waals surface area contributed by atoms with Crippen LogP contribution in [0.2, 0.25) is 0 Å². The minimum Gasteiger partial charge on any atom is -0.465 e. The number of anilines is 1. The summed E-state index contributed by atoms with van der Waals surface area (Å²) in [4.78, 5) is 26.9. The molecule has 0 bridgehead atoms. The number of esters is 1. The van der Waals surface area contributed by atoms with Crippen LogP contribution >= 0.6 is 0 Å². The van der Waals surface area contributed by atoms with Gasteiger partial charge in [-0.3, -0.25) is 4.79 Å². The molecule has 7 heteroatoms. The quantitative estimate of drug-likeness (QED) is 0.839. The number of carbonyl (C=O) groups is 1. The molecule has 0 amide bonds. The third-order valence-corrected chi connectivity index (χ3v) is 5.02. The van der Waals surface area contributed by atoms with Crippen molar-refractivity contribution in [1.82, 2.24) is 5.32 Å². The maximum absolute atomic E-state index is 12.8. The molecule has 2 saturated heterocycles. The maximum atomic E-state index is 12.8. The topological polar surface area (TPSA) is 81.0 Å². The van der Waals surface area contributed by atoms with Crippen LogP contribution in [0.1, 0.15) is 34.8 Å². The molecule has 0 spiro atoms. The highest BCUT2D eigenvalue weighted by Crippen LogP contribution is 2.32. The molecule has 0 aliphatic carbocycles. The molecular formula is C19H22N2O5. The second kappa shape index (κ2) is 7.09. The van der Waals surface area contributed by atoms with Gasteiger partial charge in [-0.1, -0.05) is 0 Å². The fraction of sp³-hybridized carbons (Fsp3) is 0.474. The number of benzene rings is 1. The molecule has 0 saturated carbocycles. The lowest BCUT2D eigenvalue weighted by molar-refractivity contribution is 0.0600. The molecule has 138 valence electrons. The molecule has 1 N–H and O–H groups in total. The Balaban J connectivity index is 1.89. The molecule has 2 aromatic rings. The van der Waals surface area contributed by atoms with E-state index in [1.165, 1.54) is 13.2 Å². The summed E-state index contributed by atoms with van der Waals surface area (Å²) in [6.07, 6.45) is 1.98. The molecular weight excluding hydrogens is 336 g/mol. The highest BCUT2D eigenvalue weighted by Gasteiger charge is 2.24. The van der Waals surface area contributed by atoms with E-state index in [1.54, 1.807) is 12.1 Å². The Labute approximate surface area is 150 Å². The van der Waals surface area contributed by atoms with E-state index in [2.05, 4.69) is 5.32 Å². The lowest BCUT2D eigenvalue weighted by atomic mass is 9.99. The van der Waals surface area contributed by atoms with Crippen LogP contribution in [-0.4, -0.2) is 45.9 Å². The van der Waals surface area contributed by atoms with Gasteiger partial charge in [0, 0.05) is 30.8 Å². The molecule has 1 unspecified atom stereocenters. The molecule has 26 heavy (non-hydrogen) atoms. The number of hydrogen-bond acceptors (Lipinski definition) is 7. The first-order valence-corrected chi connectivity index (χ1v) is 8.93. The minimum absolute atomic E-state index is 0.0604. The predicted octanol–water partition coefficient (Wildman–Crippen LogP) is 1.84. The van der Waals surface area contributed by atoms with Crippen molar-refractivity contribution in [2.24, 2.45) is 0 Å². The number of ether oxygens (including phenoxy) is 2. The number of carbonyl (C=O) groups excluding carboxylic acids is 1. The van der Waals surface area contributed by atoms with E-state index in [4.69, 9.17) is 13.9 Å². The molecule has 4 rings (SSSR count). The van der Waals surface area contributed by atoms with Gasteiger partial charge in [0.05, 0.1) is 31.3 Å². The van der Waals surface area contributed by atoms with Gasteiger partial charge >= 0.3 is 5.97 Å². The number of methoxy groups -OCH3 is 1. The molecule has 3 heterocycles. The average molecular weight is 358 g/mol. The Bertz CT molecular complexity index is 879. The van der Waals surface area contributed by atoms with Crippen LogP contribution in [0.15, 0.2) is 27.4 Å². The minimum atomic E-state index is -0.456. The van der Waals surface area contributed by atoms with Crippen molar-refractivity contribution in [1.29, 1.82) is 0 Å². The van der Waals surface area contributed by atoms with Gasteiger partial charge in [0.15, 0.2) is 11.3 Å². The monoisotopic (exact) mass is 358 g/mol. The summed E-state index contributed by atoms with van der Waals surface area (Å²) < 4.78 is 16.4. The summed E-state index contributed by atoms with van der Waals surface area (Å²) >= 11 is 0. The van der Waals surface area contributed by atoms with Crippen molar-refractivity contribution in [2.45, 2.75) is 18.9 Å². The summed E-state index contributed by atoms with van der Waals surface area (Å²) in [7, 11) is 1.34. The van der Waals surface area contributed by atoms with E-state index >= 15 is 0 Å². The van der Waals surface area contributed by atoms with Crippen molar-refractivity contribution in [2.75, 3.05) is 44.9 Å². The van der Waals surface area contributed by atoms with Crippen LogP contribution in [0.4, 0.5) is 5.88 Å². The van der Waals surface area contributed by atoms with Crippen LogP contribution < -0.4 is 15.6 Å². The maximum Gasteiger partial charge on any atom is 0.337 e. The zero-order valence-electron chi connectivity index (χ0n) is 14.7. The Hall–Kier alpha value is -2.38. The third kappa shape index (κ3) is 3.08. The number of nitrogens with one attached hydrogen (secondary N) is 1. The van der Waals surface area contributed by atoms with Gasteiger partial charge in [0.2, 0.25) is 0 Å². The van der Waals surface area contributed by atoms with Gasteiger partial charge in [0.1, 0.15) is 5.58 Å². The highest BCUT2D eigenvalue weighted by atomic mass is 16.5. The molecule has 2 aliphatic heterocycles. The Morgan fingerprint density at radius 3 is 2.77 bits per heavy atom. The molecule has 2 fully saturated rings. The lowest BCUT2D eigenvalue weighted by Crippen LogP contribution is -2.36. The second-order valence-electron chi connectivity index (χ2n) is 6.63. The molecule has 1 aromatic heterocycles. The van der Waals surface area contributed by atoms with Gasteiger partial charge in [-0.15, -0.1) is 0 Å². The summed E-state index contributed by atoms with van der Waals surface area (Å²) in [6, 6.07) is 4.91. The second-order valence-corrected chi connectivity index (χ2v) is 6.63. The smallest absolute Gasteiger partial charge is 0.337 e. The number of fused-ring (bicyclic) bond motifs is 1. The van der Waals surface area contributed by atoms with E-state index in [-0.39, 0.29) is 11.5 Å². The average Bonchev–Trinajstić information content (AvgIpc) is 3.22. The fourth-order valence-corrected chi connectivity index (χ4v) is 3.66. The van der Waals surface area contributed by atoms with Crippen LogP contribution in [-0.2, 0) is 9.47 Å². The molecule has 7 nitrogen and oxygen atoms in total. The van der Waals surface area contributed by atoms with Crippen LogP contribution in [0.25, 0.3) is 11.0 Å². The van der Waals surface area contributed by atoms with Crippen molar-refractivity contribution in [3.8, 4) is 0 Å². The van der Waals surface area contributed by atoms with Crippen LogP contribution in [0, 0.1) is 0 Å². The van der Waals surface area contributed by atoms with E-state index in [9.17, 15) is 9.59 Å². The first-order chi connectivity index (χ1) is 12.7. The van der Waals surface area contributed by atoms with Crippen molar-refractivity contribution < 1.29 is 18.7 Å². The van der Waals surface area contributed by atoms with Gasteiger partial charge in [0.25, 0.3) is 0 Å². The van der Waals surface area contributed by atoms with E-state index in [0.29, 0.717) is 48.7 Å². The largest absolute Gasteiger partial charge is 0.465 e. The van der Waals surface area contributed by atoms with E-state index in [0.717, 1.165) is 24.9 Å². The number of hydrogen-bond donors (Lipinski definition) is 1. The van der Waals surface area contributed by atoms with E-state index in [1.807, 2.05) is 4.90 Å². The molecule has 1 aromatic carbocycles. The van der Waals surface area contributed by atoms with Crippen molar-refractivity contribution in [3.05, 3.63) is 39.5 Å². The summed E-state index contributed by atoms with van der Waals surface area (Å²) in [6.45, 7) is 3.50. The number of nitrogens with zero attached hydrogens (tertiary/aromatic N) is 1. The normalized spacial score (nSPS) is 20.5. The van der Waals surface area contributed by atoms with E-state index < -0.39 is 5.97 Å². The van der Waals surface area contributed by atoms with Gasteiger partial charge in [-0.25, -0.2) is 4.79 Å². The predicted molar refractivity (Wildman–Crippen MR) is 96.8 cm³/mol. The molecule has 1 atom stereocenters. The first-order valence-electron chi connectivity index (χ1n) is 8.93. The van der Waals surface area contributed by atoms with Gasteiger partial charge in [-0.2, -0.15) is 0 Å². The lowest BCUT2D eigenvalue weighted by Gasteiger charge is -2.27.